The molecule has 0 saturated carbocycles. The summed E-state index contributed by atoms with van der Waals surface area (Å²) in [5.74, 6) is 7.06. The molecular formula is C25H24N4O2. The Morgan fingerprint density at radius 1 is 0.774 bits per heavy atom. The number of hydrazone groups is 1. The molecule has 0 amide bonds. The molecule has 0 aliphatic carbocycles. The summed E-state index contributed by atoms with van der Waals surface area (Å²) in [7, 11) is 0. The summed E-state index contributed by atoms with van der Waals surface area (Å²) < 4.78 is 11.8. The van der Waals surface area contributed by atoms with Crippen molar-refractivity contribution in [1.82, 2.24) is 4.98 Å². The predicted octanol–water partition coefficient (Wildman–Crippen LogP) is 4.17. The summed E-state index contributed by atoms with van der Waals surface area (Å²) in [4.78, 5) is 4.64. The molecule has 6 heteroatoms. The zero-order chi connectivity index (χ0) is 21.5. The summed E-state index contributed by atoms with van der Waals surface area (Å²) in [5, 5.41) is 4.61. The number of aromatic nitrogens is 1. The van der Waals surface area contributed by atoms with Gasteiger partial charge in [-0.2, -0.15) is 5.10 Å². The Kier molecular flexibility index (Phi) is 6.28. The first-order chi connectivity index (χ1) is 15.2. The van der Waals surface area contributed by atoms with Crippen molar-refractivity contribution in [3.63, 3.8) is 0 Å². The Balaban J connectivity index is 1.33. The first kappa shape index (κ1) is 20.2. The van der Waals surface area contributed by atoms with Gasteiger partial charge < -0.3 is 21.1 Å². The lowest BCUT2D eigenvalue weighted by Gasteiger charge is -2.10. The summed E-state index contributed by atoms with van der Waals surface area (Å²) in [6.45, 7) is 0.849. The Hall–Kier alpha value is -4.06. The first-order valence-corrected chi connectivity index (χ1v) is 10.00. The molecule has 0 aliphatic heterocycles. The molecular weight excluding hydrogens is 388 g/mol. The van der Waals surface area contributed by atoms with Crippen molar-refractivity contribution in [2.24, 2.45) is 16.7 Å². The maximum absolute atomic E-state index is 5.92. The second kappa shape index (κ2) is 9.63. The fraction of sp³-hybridized carbons (Fsp3) is 0.120. The Labute approximate surface area is 181 Å². The van der Waals surface area contributed by atoms with Gasteiger partial charge in [0.1, 0.15) is 30.5 Å². The van der Waals surface area contributed by atoms with E-state index in [0.717, 1.165) is 39.2 Å². The van der Waals surface area contributed by atoms with Crippen LogP contribution in [0.15, 0.2) is 90.0 Å². The number of hydrogen-bond donors (Lipinski definition) is 2. The molecule has 0 spiro atoms. The fourth-order valence-corrected chi connectivity index (χ4v) is 3.17. The van der Waals surface area contributed by atoms with Crippen molar-refractivity contribution in [3.05, 3.63) is 102 Å². The van der Waals surface area contributed by atoms with E-state index in [2.05, 4.69) is 16.2 Å². The Bertz CT molecular complexity index is 1190. The van der Waals surface area contributed by atoms with E-state index >= 15 is 0 Å². The van der Waals surface area contributed by atoms with Crippen LogP contribution in [0.3, 0.4) is 0 Å². The van der Waals surface area contributed by atoms with Crippen molar-refractivity contribution in [2.75, 3.05) is 0 Å². The lowest BCUT2D eigenvalue weighted by molar-refractivity contribution is 0.288. The average molecular weight is 412 g/mol. The molecule has 31 heavy (non-hydrogen) atoms. The third-order valence-electron chi connectivity index (χ3n) is 4.83. The third kappa shape index (κ3) is 5.51. The second-order valence-electron chi connectivity index (χ2n) is 7.16. The van der Waals surface area contributed by atoms with Gasteiger partial charge >= 0.3 is 0 Å². The lowest BCUT2D eigenvalue weighted by Crippen LogP contribution is -2.16. The minimum Gasteiger partial charge on any atom is -0.489 e. The largest absolute Gasteiger partial charge is 0.489 e. The Morgan fingerprint density at radius 2 is 1.48 bits per heavy atom. The number of pyridine rings is 1. The third-order valence-corrected chi connectivity index (χ3v) is 4.83. The van der Waals surface area contributed by atoms with Crippen molar-refractivity contribution in [2.45, 2.75) is 19.6 Å². The fourth-order valence-electron chi connectivity index (χ4n) is 3.17. The van der Waals surface area contributed by atoms with Gasteiger partial charge in [0, 0.05) is 17.9 Å². The minimum atomic E-state index is 0.394. The summed E-state index contributed by atoms with van der Waals surface area (Å²) in [5.41, 5.74) is 9.61. The van der Waals surface area contributed by atoms with Crippen LogP contribution in [0.2, 0.25) is 0 Å². The zero-order valence-electron chi connectivity index (χ0n) is 17.1. The minimum absolute atomic E-state index is 0.394. The number of rotatable bonds is 8. The number of amidine groups is 1. The van der Waals surface area contributed by atoms with Gasteiger partial charge in [-0.1, -0.05) is 54.6 Å². The molecule has 0 bridgehead atoms. The molecule has 0 aliphatic rings. The van der Waals surface area contributed by atoms with E-state index in [9.17, 15) is 0 Å². The highest BCUT2D eigenvalue weighted by atomic mass is 16.5. The summed E-state index contributed by atoms with van der Waals surface area (Å²) >= 11 is 0. The second-order valence-corrected chi connectivity index (χ2v) is 7.16. The molecule has 0 radical (unpaired) electrons. The van der Waals surface area contributed by atoms with Gasteiger partial charge in [-0.15, -0.1) is 0 Å². The quantitative estimate of drug-likeness (QED) is 0.196. The van der Waals surface area contributed by atoms with Gasteiger partial charge in [0.15, 0.2) is 0 Å². The first-order valence-electron chi connectivity index (χ1n) is 10.00. The Morgan fingerprint density at radius 3 is 2.26 bits per heavy atom. The van der Waals surface area contributed by atoms with E-state index in [1.807, 2.05) is 78.9 Å². The number of fused-ring (bicyclic) bond motifs is 1. The molecule has 4 aromatic rings. The molecule has 0 unspecified atom stereocenters. The highest BCUT2D eigenvalue weighted by Gasteiger charge is 2.03. The molecule has 3 aromatic carbocycles. The smallest absolute Gasteiger partial charge is 0.130 e. The molecule has 4 rings (SSSR count). The monoisotopic (exact) mass is 412 g/mol. The maximum atomic E-state index is 5.92. The van der Waals surface area contributed by atoms with Crippen molar-refractivity contribution < 1.29 is 9.47 Å². The van der Waals surface area contributed by atoms with E-state index in [0.29, 0.717) is 25.5 Å². The lowest BCUT2D eigenvalue weighted by atomic mass is 10.1. The standard InChI is InChI=1S/C25H24N4O2/c26-25(29-27)14-18-8-10-19(11-9-18)16-30-22-5-3-6-23(15-22)31-17-21-13-12-20-4-1-2-7-24(20)28-21/h1-13,15H,14,16-17,27H2,(H2,26,29). The number of nitrogens with zero attached hydrogens (tertiary/aromatic N) is 2. The molecule has 4 N–H and O–H groups in total. The number of hydrogen-bond acceptors (Lipinski definition) is 5. The van der Waals surface area contributed by atoms with Gasteiger partial charge in [0.05, 0.1) is 11.2 Å². The highest BCUT2D eigenvalue weighted by molar-refractivity contribution is 5.82. The van der Waals surface area contributed by atoms with Crippen LogP contribution in [-0.4, -0.2) is 10.8 Å². The van der Waals surface area contributed by atoms with Gasteiger partial charge in [0.25, 0.3) is 0 Å². The van der Waals surface area contributed by atoms with Gasteiger partial charge in [0.2, 0.25) is 0 Å². The zero-order valence-corrected chi connectivity index (χ0v) is 17.1. The van der Waals surface area contributed by atoms with Crippen LogP contribution in [-0.2, 0) is 19.6 Å². The van der Waals surface area contributed by atoms with Gasteiger partial charge in [-0.05, 0) is 35.4 Å². The van der Waals surface area contributed by atoms with E-state index in [4.69, 9.17) is 21.1 Å². The van der Waals surface area contributed by atoms with Crippen molar-refractivity contribution >= 4 is 16.7 Å². The molecule has 0 fully saturated rings. The number of para-hydroxylation sites is 1. The van der Waals surface area contributed by atoms with E-state index < -0.39 is 0 Å². The van der Waals surface area contributed by atoms with Crippen molar-refractivity contribution in [3.8, 4) is 11.5 Å². The van der Waals surface area contributed by atoms with Crippen LogP contribution in [0, 0.1) is 0 Å². The molecule has 156 valence electrons. The summed E-state index contributed by atoms with van der Waals surface area (Å²) in [6.07, 6.45) is 0.531. The van der Waals surface area contributed by atoms with Gasteiger partial charge in [-0.25, -0.2) is 4.98 Å². The normalized spacial score (nSPS) is 11.4. The number of ether oxygens (including phenoxy) is 2. The van der Waals surface area contributed by atoms with E-state index in [-0.39, 0.29) is 0 Å². The predicted molar refractivity (Wildman–Crippen MR) is 123 cm³/mol. The maximum Gasteiger partial charge on any atom is 0.130 e. The highest BCUT2D eigenvalue weighted by Crippen LogP contribution is 2.22. The van der Waals surface area contributed by atoms with Crippen LogP contribution < -0.4 is 21.1 Å². The molecule has 0 atom stereocenters. The van der Waals surface area contributed by atoms with Crippen molar-refractivity contribution in [1.29, 1.82) is 0 Å². The SMILES string of the molecule is N/N=C(\N)Cc1ccc(COc2cccc(OCc3ccc4ccccc4n3)c2)cc1. The van der Waals surface area contributed by atoms with Crippen LogP contribution in [0.1, 0.15) is 16.8 Å². The topological polar surface area (TPSA) is 95.8 Å². The average Bonchev–Trinajstić information content (AvgIpc) is 2.82. The number of nitrogens with two attached hydrogens (primary N) is 2. The van der Waals surface area contributed by atoms with E-state index in [1.165, 1.54) is 0 Å². The molecule has 1 aromatic heterocycles. The van der Waals surface area contributed by atoms with E-state index in [1.54, 1.807) is 0 Å². The van der Waals surface area contributed by atoms with Crippen LogP contribution in [0.25, 0.3) is 10.9 Å². The molecule has 1 heterocycles. The van der Waals surface area contributed by atoms with Gasteiger partial charge in [-0.3, -0.25) is 0 Å². The molecule has 0 saturated heterocycles. The van der Waals surface area contributed by atoms with Crippen LogP contribution >= 0.6 is 0 Å². The summed E-state index contributed by atoms with van der Waals surface area (Å²) in [6, 6.07) is 27.7. The molecule has 6 nitrogen and oxygen atoms in total. The van der Waals surface area contributed by atoms with Crippen LogP contribution in [0.5, 0.6) is 11.5 Å². The van der Waals surface area contributed by atoms with Crippen LogP contribution in [0.4, 0.5) is 0 Å². The number of benzene rings is 3.